The Kier molecular flexibility index (Phi) is 6.96. The molecule has 1 atom stereocenters. The fraction of sp³-hybridized carbons (Fsp3) is 0.688. The minimum atomic E-state index is 0.319. The number of methoxy groups -OCH3 is 1. The number of likely N-dealkylation sites (N-methyl/N-ethyl adjacent to an activating group) is 1. The van der Waals surface area contributed by atoms with Crippen molar-refractivity contribution in [2.45, 2.75) is 47.2 Å². The summed E-state index contributed by atoms with van der Waals surface area (Å²) in [6.45, 7) is 14.2. The van der Waals surface area contributed by atoms with Gasteiger partial charge in [-0.3, -0.25) is 0 Å². The van der Waals surface area contributed by atoms with E-state index in [1.165, 1.54) is 11.1 Å². The lowest BCUT2D eigenvalue weighted by molar-refractivity contribution is 0.181. The molecule has 1 N–H and O–H groups in total. The summed E-state index contributed by atoms with van der Waals surface area (Å²) in [5, 5.41) is 3.42. The highest BCUT2D eigenvalue weighted by atomic mass is 16.5. The third-order valence-corrected chi connectivity index (χ3v) is 3.56. The van der Waals surface area contributed by atoms with E-state index in [1.54, 1.807) is 7.11 Å². The third-order valence-electron chi connectivity index (χ3n) is 3.56. The molecule has 4 nitrogen and oxygen atoms in total. The Labute approximate surface area is 123 Å². The van der Waals surface area contributed by atoms with Gasteiger partial charge in [0.1, 0.15) is 5.82 Å². The van der Waals surface area contributed by atoms with Crippen LogP contribution in [-0.2, 0) is 11.3 Å². The monoisotopic (exact) mass is 279 g/mol. The molecule has 1 aromatic rings. The van der Waals surface area contributed by atoms with Crippen molar-refractivity contribution in [1.29, 1.82) is 0 Å². The predicted octanol–water partition coefficient (Wildman–Crippen LogP) is 2.67. The summed E-state index contributed by atoms with van der Waals surface area (Å²) in [6.07, 6.45) is 0. The average molecular weight is 279 g/mol. The zero-order chi connectivity index (χ0) is 15.1. The summed E-state index contributed by atoms with van der Waals surface area (Å²) in [4.78, 5) is 7.12. The maximum absolute atomic E-state index is 5.30. The van der Waals surface area contributed by atoms with Crippen LogP contribution < -0.4 is 10.2 Å². The molecule has 4 heteroatoms. The van der Waals surface area contributed by atoms with Crippen molar-refractivity contribution < 1.29 is 4.74 Å². The first-order valence-electron chi connectivity index (χ1n) is 7.48. The first-order chi connectivity index (χ1) is 9.54. The van der Waals surface area contributed by atoms with Gasteiger partial charge in [-0.1, -0.05) is 6.92 Å². The summed E-state index contributed by atoms with van der Waals surface area (Å²) in [5.41, 5.74) is 3.67. The Morgan fingerprint density at radius 1 is 1.35 bits per heavy atom. The Hall–Kier alpha value is -1.13. The molecule has 0 aliphatic heterocycles. The zero-order valence-electron chi connectivity index (χ0n) is 13.8. The van der Waals surface area contributed by atoms with E-state index in [1.807, 2.05) is 0 Å². The number of aromatic nitrogens is 1. The molecule has 1 heterocycles. The molecule has 114 valence electrons. The molecule has 0 amide bonds. The van der Waals surface area contributed by atoms with Crippen LogP contribution in [0.5, 0.6) is 0 Å². The topological polar surface area (TPSA) is 37.4 Å². The van der Waals surface area contributed by atoms with Crippen molar-refractivity contribution in [3.05, 3.63) is 22.9 Å². The molecular weight excluding hydrogens is 250 g/mol. The molecule has 0 aromatic carbocycles. The maximum atomic E-state index is 5.30. The van der Waals surface area contributed by atoms with E-state index in [4.69, 9.17) is 9.72 Å². The highest BCUT2D eigenvalue weighted by Crippen LogP contribution is 2.24. The van der Waals surface area contributed by atoms with Gasteiger partial charge in [0.15, 0.2) is 0 Å². The SMILES string of the molecule is CCNCc1c(C)cc(C)nc1N(CC)C(C)COC. The minimum absolute atomic E-state index is 0.319. The number of anilines is 1. The Bertz CT molecular complexity index is 420. The molecule has 20 heavy (non-hydrogen) atoms. The highest BCUT2D eigenvalue weighted by Gasteiger charge is 2.19. The van der Waals surface area contributed by atoms with E-state index in [0.29, 0.717) is 12.6 Å². The second-order valence-electron chi connectivity index (χ2n) is 5.25. The van der Waals surface area contributed by atoms with Gasteiger partial charge in [0.2, 0.25) is 0 Å². The van der Waals surface area contributed by atoms with Crippen LogP contribution in [-0.4, -0.2) is 37.8 Å². The van der Waals surface area contributed by atoms with Gasteiger partial charge in [0.05, 0.1) is 12.6 Å². The first-order valence-corrected chi connectivity index (χ1v) is 7.48. The molecule has 0 aliphatic carbocycles. The van der Waals surface area contributed by atoms with Crippen molar-refractivity contribution in [3.63, 3.8) is 0 Å². The minimum Gasteiger partial charge on any atom is -0.383 e. The summed E-state index contributed by atoms with van der Waals surface area (Å²) < 4.78 is 5.30. The van der Waals surface area contributed by atoms with Crippen LogP contribution in [0.2, 0.25) is 0 Å². The molecule has 0 bridgehead atoms. The van der Waals surface area contributed by atoms with Crippen LogP contribution in [0, 0.1) is 13.8 Å². The third kappa shape index (κ3) is 4.18. The van der Waals surface area contributed by atoms with Gasteiger partial charge in [-0.05, 0) is 45.9 Å². The first kappa shape index (κ1) is 16.9. The highest BCUT2D eigenvalue weighted by molar-refractivity contribution is 5.52. The van der Waals surface area contributed by atoms with Crippen LogP contribution in [0.1, 0.15) is 37.6 Å². The molecule has 0 saturated heterocycles. The van der Waals surface area contributed by atoms with E-state index in [0.717, 1.165) is 31.1 Å². The fourth-order valence-electron chi connectivity index (χ4n) is 2.55. The van der Waals surface area contributed by atoms with Crippen molar-refractivity contribution in [3.8, 4) is 0 Å². The van der Waals surface area contributed by atoms with Crippen LogP contribution >= 0.6 is 0 Å². The number of hydrogen-bond acceptors (Lipinski definition) is 4. The summed E-state index contributed by atoms with van der Waals surface area (Å²) in [6, 6.07) is 2.48. The summed E-state index contributed by atoms with van der Waals surface area (Å²) in [5.74, 6) is 1.09. The quantitative estimate of drug-likeness (QED) is 0.794. The lowest BCUT2D eigenvalue weighted by Gasteiger charge is -2.31. The number of nitrogens with zero attached hydrogens (tertiary/aromatic N) is 2. The maximum Gasteiger partial charge on any atom is 0.133 e. The van der Waals surface area contributed by atoms with Gasteiger partial charge < -0.3 is 15.0 Å². The molecule has 0 aliphatic rings. The van der Waals surface area contributed by atoms with Crippen molar-refractivity contribution in [2.24, 2.45) is 0 Å². The van der Waals surface area contributed by atoms with Crippen LogP contribution in [0.25, 0.3) is 0 Å². The molecule has 0 radical (unpaired) electrons. The van der Waals surface area contributed by atoms with E-state index in [-0.39, 0.29) is 0 Å². The van der Waals surface area contributed by atoms with Crippen LogP contribution in [0.4, 0.5) is 5.82 Å². The van der Waals surface area contributed by atoms with E-state index in [2.05, 4.69) is 50.9 Å². The second kappa shape index (κ2) is 8.22. The van der Waals surface area contributed by atoms with E-state index < -0.39 is 0 Å². The molecule has 0 fully saturated rings. The summed E-state index contributed by atoms with van der Waals surface area (Å²) >= 11 is 0. The molecule has 0 spiro atoms. The largest absolute Gasteiger partial charge is 0.383 e. The molecular formula is C16H29N3O. The summed E-state index contributed by atoms with van der Waals surface area (Å²) in [7, 11) is 1.75. The van der Waals surface area contributed by atoms with Gasteiger partial charge in [-0.2, -0.15) is 0 Å². The number of ether oxygens (including phenoxy) is 1. The molecule has 1 aromatic heterocycles. The smallest absolute Gasteiger partial charge is 0.133 e. The van der Waals surface area contributed by atoms with E-state index >= 15 is 0 Å². The lowest BCUT2D eigenvalue weighted by Crippen LogP contribution is -2.38. The fourth-order valence-corrected chi connectivity index (χ4v) is 2.55. The standard InChI is InChI=1S/C16H29N3O/c1-7-17-10-15-12(3)9-13(4)18-16(15)19(8-2)14(5)11-20-6/h9,14,17H,7-8,10-11H2,1-6H3. The van der Waals surface area contributed by atoms with Crippen LogP contribution in [0.3, 0.4) is 0 Å². The lowest BCUT2D eigenvalue weighted by atomic mass is 10.1. The normalized spacial score (nSPS) is 12.5. The van der Waals surface area contributed by atoms with Crippen molar-refractivity contribution in [1.82, 2.24) is 10.3 Å². The Morgan fingerprint density at radius 3 is 2.60 bits per heavy atom. The molecule has 0 saturated carbocycles. The van der Waals surface area contributed by atoms with Gasteiger partial charge in [-0.15, -0.1) is 0 Å². The molecule has 1 rings (SSSR count). The number of hydrogen-bond donors (Lipinski definition) is 1. The number of rotatable bonds is 8. The number of pyridine rings is 1. The van der Waals surface area contributed by atoms with Gasteiger partial charge >= 0.3 is 0 Å². The number of nitrogens with one attached hydrogen (secondary N) is 1. The Balaban J connectivity index is 3.17. The van der Waals surface area contributed by atoms with Gasteiger partial charge in [0.25, 0.3) is 0 Å². The molecule has 1 unspecified atom stereocenters. The van der Waals surface area contributed by atoms with Gasteiger partial charge in [-0.25, -0.2) is 4.98 Å². The average Bonchev–Trinajstić information content (AvgIpc) is 2.38. The van der Waals surface area contributed by atoms with Crippen molar-refractivity contribution >= 4 is 5.82 Å². The second-order valence-corrected chi connectivity index (χ2v) is 5.25. The Morgan fingerprint density at radius 2 is 2.05 bits per heavy atom. The predicted molar refractivity (Wildman–Crippen MR) is 85.4 cm³/mol. The van der Waals surface area contributed by atoms with E-state index in [9.17, 15) is 0 Å². The zero-order valence-corrected chi connectivity index (χ0v) is 13.8. The van der Waals surface area contributed by atoms with Crippen LogP contribution in [0.15, 0.2) is 6.07 Å². The van der Waals surface area contributed by atoms with Crippen molar-refractivity contribution in [2.75, 3.05) is 31.7 Å². The van der Waals surface area contributed by atoms with Gasteiger partial charge in [0, 0.05) is 31.5 Å². The number of aryl methyl sites for hydroxylation is 2.